The average molecular weight is 594 g/mol. The Morgan fingerprint density at radius 1 is 0.705 bits per heavy atom. The van der Waals surface area contributed by atoms with Gasteiger partial charge in [-0.3, -0.25) is 0 Å². The maximum absolute atomic E-state index is 2.65. The standard InChI is InChI=1S/C42H43NS/c1-30(2)32-26-33(31(3)4)28-38(27-32)44(35-18-10-6-11-19-35,36-20-12-7-13-21-36)37-24-25-42-40(29-37)39-22-14-15-23-41(39)43(42)34-16-8-5-9-17-34/h5-8,10-16,18-31,40,42H,9,17H2,1-4H3. The average Bonchev–Trinajstić information content (AvgIpc) is 3.40. The first-order valence-electron chi connectivity index (χ1n) is 16.2. The van der Waals surface area contributed by atoms with E-state index in [1.54, 1.807) is 0 Å². The van der Waals surface area contributed by atoms with Crippen LogP contribution in [0.5, 0.6) is 0 Å². The fourth-order valence-electron chi connectivity index (χ4n) is 7.21. The molecule has 0 fully saturated rings. The molecule has 0 radical (unpaired) electrons. The summed E-state index contributed by atoms with van der Waals surface area (Å²) in [5.41, 5.74) is 7.05. The Hall–Kier alpha value is -4.01. The molecule has 0 aromatic heterocycles. The summed E-state index contributed by atoms with van der Waals surface area (Å²) in [5.74, 6) is 1.18. The van der Waals surface area contributed by atoms with Crippen LogP contribution in [-0.4, -0.2) is 6.04 Å². The van der Waals surface area contributed by atoms with E-state index in [0.717, 1.165) is 12.8 Å². The molecular weight excluding hydrogens is 551 g/mol. The Labute approximate surface area is 265 Å². The monoisotopic (exact) mass is 593 g/mol. The highest BCUT2D eigenvalue weighted by Crippen LogP contribution is 2.75. The highest BCUT2D eigenvalue weighted by Gasteiger charge is 2.43. The fraction of sp³-hybridized carbons (Fsp3) is 0.238. The Kier molecular flexibility index (Phi) is 7.72. The Morgan fingerprint density at radius 2 is 1.32 bits per heavy atom. The molecule has 1 heterocycles. The predicted octanol–water partition coefficient (Wildman–Crippen LogP) is 11.9. The third-order valence-corrected chi connectivity index (χ3v) is 13.4. The van der Waals surface area contributed by atoms with Gasteiger partial charge in [-0.25, -0.2) is 0 Å². The summed E-state index contributed by atoms with van der Waals surface area (Å²) in [6.45, 7) is 9.31. The normalized spacial score (nSPS) is 19.5. The van der Waals surface area contributed by atoms with Crippen molar-refractivity contribution < 1.29 is 0 Å². The van der Waals surface area contributed by atoms with Crippen LogP contribution in [0, 0.1) is 0 Å². The zero-order valence-corrected chi connectivity index (χ0v) is 27.2. The number of nitrogens with zero attached hydrogens (tertiary/aromatic N) is 1. The van der Waals surface area contributed by atoms with Crippen LogP contribution in [0.3, 0.4) is 0 Å². The van der Waals surface area contributed by atoms with Crippen molar-refractivity contribution in [2.75, 3.05) is 4.90 Å². The molecule has 0 amide bonds. The third-order valence-electron chi connectivity index (χ3n) is 9.51. The summed E-state index contributed by atoms with van der Waals surface area (Å²) >= 11 is 0. The Morgan fingerprint density at radius 3 is 1.91 bits per heavy atom. The maximum atomic E-state index is 2.65. The SMILES string of the molecule is CC(C)c1cc(C(C)C)cc(S(C2=CC3c4ccccc4N(C4=CC=CCC4)C3C=C2)(c2ccccc2)c2ccccc2)c1. The molecule has 0 bridgehead atoms. The van der Waals surface area contributed by atoms with Gasteiger partial charge in [-0.05, 0) is 94.8 Å². The largest absolute Gasteiger partial charge is 0.337 e. The van der Waals surface area contributed by atoms with E-state index >= 15 is 0 Å². The summed E-state index contributed by atoms with van der Waals surface area (Å²) in [7, 11) is -1.80. The summed E-state index contributed by atoms with van der Waals surface area (Å²) < 4.78 is 0. The minimum Gasteiger partial charge on any atom is -0.337 e. The van der Waals surface area contributed by atoms with Crippen LogP contribution < -0.4 is 4.90 Å². The van der Waals surface area contributed by atoms with Crippen LogP contribution >= 0.6 is 10.0 Å². The smallest absolute Gasteiger partial charge is 0.0627 e. The van der Waals surface area contributed by atoms with Gasteiger partial charge in [0.05, 0.1) is 6.04 Å². The molecule has 7 rings (SSSR count). The zero-order valence-electron chi connectivity index (χ0n) is 26.4. The van der Waals surface area contributed by atoms with Gasteiger partial charge in [0.2, 0.25) is 0 Å². The first-order chi connectivity index (χ1) is 21.5. The van der Waals surface area contributed by atoms with Gasteiger partial charge in [-0.2, -0.15) is 0 Å². The van der Waals surface area contributed by atoms with Crippen molar-refractivity contribution in [1.29, 1.82) is 0 Å². The second-order valence-electron chi connectivity index (χ2n) is 12.9. The second-order valence-corrected chi connectivity index (χ2v) is 16.0. The number of rotatable bonds is 7. The number of para-hydroxylation sites is 1. The van der Waals surface area contributed by atoms with E-state index in [1.807, 2.05) is 0 Å². The molecule has 222 valence electrons. The molecule has 2 atom stereocenters. The Balaban J connectivity index is 1.51. The van der Waals surface area contributed by atoms with Crippen molar-refractivity contribution in [3.8, 4) is 0 Å². The van der Waals surface area contributed by atoms with Crippen molar-refractivity contribution in [1.82, 2.24) is 0 Å². The molecule has 44 heavy (non-hydrogen) atoms. The van der Waals surface area contributed by atoms with Crippen molar-refractivity contribution >= 4 is 15.7 Å². The van der Waals surface area contributed by atoms with E-state index in [0.29, 0.717) is 11.8 Å². The molecule has 2 aliphatic carbocycles. The minimum atomic E-state index is -1.80. The summed E-state index contributed by atoms with van der Waals surface area (Å²) in [6.07, 6.45) is 16.7. The molecular formula is C42H43NS. The molecule has 2 unspecified atom stereocenters. The second kappa shape index (κ2) is 11.8. The summed E-state index contributed by atoms with van der Waals surface area (Å²) in [4.78, 5) is 8.26. The fourth-order valence-corrected chi connectivity index (χ4v) is 11.2. The number of hydrogen-bond acceptors (Lipinski definition) is 1. The predicted molar refractivity (Wildman–Crippen MR) is 189 cm³/mol. The lowest BCUT2D eigenvalue weighted by atomic mass is 9.91. The number of benzene rings is 4. The molecule has 0 saturated heterocycles. The summed E-state index contributed by atoms with van der Waals surface area (Å²) in [5, 5.41) is 0. The lowest BCUT2D eigenvalue weighted by Gasteiger charge is -2.45. The van der Waals surface area contributed by atoms with Gasteiger partial charge < -0.3 is 4.90 Å². The van der Waals surface area contributed by atoms with Crippen molar-refractivity contribution in [3.05, 3.63) is 167 Å². The van der Waals surface area contributed by atoms with Gasteiger partial charge in [0.15, 0.2) is 0 Å². The Bertz CT molecular complexity index is 1710. The van der Waals surface area contributed by atoms with Gasteiger partial charge >= 0.3 is 0 Å². The van der Waals surface area contributed by atoms with Gasteiger partial charge in [0.1, 0.15) is 0 Å². The highest BCUT2D eigenvalue weighted by atomic mass is 32.3. The maximum Gasteiger partial charge on any atom is 0.0627 e. The molecule has 2 heteroatoms. The van der Waals surface area contributed by atoms with Crippen LogP contribution in [0.4, 0.5) is 5.69 Å². The first kappa shape index (κ1) is 28.7. The van der Waals surface area contributed by atoms with Crippen LogP contribution in [0.1, 0.15) is 75.0 Å². The quantitative estimate of drug-likeness (QED) is 0.206. The lowest BCUT2D eigenvalue weighted by Crippen LogP contribution is -2.33. The van der Waals surface area contributed by atoms with Crippen LogP contribution in [0.25, 0.3) is 0 Å². The summed E-state index contributed by atoms with van der Waals surface area (Å²) in [6, 6.07) is 39.6. The van der Waals surface area contributed by atoms with Crippen LogP contribution in [0.2, 0.25) is 0 Å². The molecule has 1 aliphatic heterocycles. The first-order valence-corrected chi connectivity index (χ1v) is 17.8. The number of allylic oxidation sites excluding steroid dienone is 5. The van der Waals surface area contributed by atoms with Gasteiger partial charge in [0.25, 0.3) is 0 Å². The molecule has 3 aliphatic rings. The van der Waals surface area contributed by atoms with Crippen LogP contribution in [-0.2, 0) is 0 Å². The highest BCUT2D eigenvalue weighted by molar-refractivity contribution is 8.37. The number of fused-ring (bicyclic) bond motifs is 3. The van der Waals surface area contributed by atoms with Crippen molar-refractivity contribution in [3.63, 3.8) is 0 Å². The lowest BCUT2D eigenvalue weighted by molar-refractivity contribution is 0.700. The molecule has 0 spiro atoms. The van der Waals surface area contributed by atoms with Crippen molar-refractivity contribution in [2.24, 2.45) is 0 Å². The van der Waals surface area contributed by atoms with E-state index in [-0.39, 0.29) is 12.0 Å². The van der Waals surface area contributed by atoms with E-state index < -0.39 is 10.0 Å². The number of anilines is 1. The number of hydrogen-bond donors (Lipinski definition) is 0. The molecule has 4 aromatic rings. The van der Waals surface area contributed by atoms with Gasteiger partial charge in [-0.15, -0.1) is 10.0 Å². The van der Waals surface area contributed by atoms with E-state index in [9.17, 15) is 0 Å². The molecule has 0 saturated carbocycles. The minimum absolute atomic E-state index is 0.283. The van der Waals surface area contributed by atoms with Crippen molar-refractivity contribution in [2.45, 2.75) is 79.0 Å². The molecule has 1 nitrogen and oxygen atoms in total. The topological polar surface area (TPSA) is 3.24 Å². The van der Waals surface area contributed by atoms with E-state index in [2.05, 4.69) is 172 Å². The third kappa shape index (κ3) is 4.81. The van der Waals surface area contributed by atoms with Crippen LogP contribution in [0.15, 0.2) is 165 Å². The molecule has 4 aromatic carbocycles. The van der Waals surface area contributed by atoms with Gasteiger partial charge in [0, 0.05) is 32.0 Å². The van der Waals surface area contributed by atoms with Gasteiger partial charge in [-0.1, -0.05) is 119 Å². The molecule has 0 N–H and O–H groups in total. The zero-order chi connectivity index (χ0) is 30.3. The van der Waals surface area contributed by atoms with E-state index in [1.165, 1.54) is 47.7 Å². The van der Waals surface area contributed by atoms with E-state index in [4.69, 9.17) is 0 Å².